The van der Waals surface area contributed by atoms with E-state index in [1.165, 1.54) is 0 Å². The number of amides is 2. The van der Waals surface area contributed by atoms with Crippen LogP contribution >= 0.6 is 0 Å². The van der Waals surface area contributed by atoms with Gasteiger partial charge in [-0.05, 0) is 25.9 Å². The number of urea groups is 1. The van der Waals surface area contributed by atoms with Gasteiger partial charge in [0.15, 0.2) is 0 Å². The van der Waals surface area contributed by atoms with E-state index in [0.717, 1.165) is 13.0 Å². The van der Waals surface area contributed by atoms with Crippen molar-refractivity contribution in [2.24, 2.45) is 11.8 Å². The van der Waals surface area contributed by atoms with Gasteiger partial charge in [-0.3, -0.25) is 4.79 Å². The molecule has 1 aliphatic heterocycles. The minimum Gasteiger partial charge on any atom is -0.481 e. The fourth-order valence-electron chi connectivity index (χ4n) is 2.03. The molecule has 0 spiro atoms. The molecule has 1 heterocycles. The second kappa shape index (κ2) is 6.44. The Balaban J connectivity index is 2.32. The lowest BCUT2D eigenvalue weighted by atomic mass is 9.99. The fourth-order valence-corrected chi connectivity index (χ4v) is 2.03. The molecule has 17 heavy (non-hydrogen) atoms. The smallest absolute Gasteiger partial charge is 0.317 e. The number of likely N-dealkylation sites (tertiary alicyclic amines) is 1. The Kier molecular flexibility index (Phi) is 5.21. The van der Waals surface area contributed by atoms with Crippen LogP contribution < -0.4 is 10.6 Å². The average Bonchev–Trinajstić information content (AvgIpc) is 2.66. The van der Waals surface area contributed by atoms with Crippen LogP contribution in [0.2, 0.25) is 0 Å². The molecule has 2 amide bonds. The summed E-state index contributed by atoms with van der Waals surface area (Å²) in [6.45, 7) is 4.17. The number of hydrogen-bond acceptors (Lipinski definition) is 3. The summed E-state index contributed by atoms with van der Waals surface area (Å²) >= 11 is 0. The van der Waals surface area contributed by atoms with E-state index < -0.39 is 11.9 Å². The highest BCUT2D eigenvalue weighted by Gasteiger charge is 2.36. The minimum atomic E-state index is -0.817. The van der Waals surface area contributed by atoms with Crippen LogP contribution in [0.4, 0.5) is 4.79 Å². The largest absolute Gasteiger partial charge is 0.481 e. The van der Waals surface area contributed by atoms with Gasteiger partial charge in [0.25, 0.3) is 0 Å². The van der Waals surface area contributed by atoms with Gasteiger partial charge >= 0.3 is 12.0 Å². The van der Waals surface area contributed by atoms with Crippen molar-refractivity contribution in [2.75, 3.05) is 33.2 Å². The molecule has 2 unspecified atom stereocenters. The number of hydrogen-bond donors (Lipinski definition) is 3. The van der Waals surface area contributed by atoms with Crippen molar-refractivity contribution in [3.8, 4) is 0 Å². The van der Waals surface area contributed by atoms with Gasteiger partial charge < -0.3 is 20.6 Å². The van der Waals surface area contributed by atoms with Crippen molar-refractivity contribution in [3.05, 3.63) is 0 Å². The Labute approximate surface area is 101 Å². The summed E-state index contributed by atoms with van der Waals surface area (Å²) in [7, 11) is 1.86. The number of carboxylic acids is 1. The van der Waals surface area contributed by atoms with Crippen molar-refractivity contribution in [1.82, 2.24) is 15.5 Å². The molecule has 0 aliphatic carbocycles. The van der Waals surface area contributed by atoms with Crippen molar-refractivity contribution in [3.63, 3.8) is 0 Å². The van der Waals surface area contributed by atoms with Crippen LogP contribution in [0, 0.1) is 11.8 Å². The van der Waals surface area contributed by atoms with Crippen LogP contribution in [-0.4, -0.2) is 55.2 Å². The van der Waals surface area contributed by atoms with Crippen LogP contribution in [0.1, 0.15) is 13.3 Å². The molecule has 0 radical (unpaired) electrons. The summed E-state index contributed by atoms with van der Waals surface area (Å²) < 4.78 is 0. The highest BCUT2D eigenvalue weighted by atomic mass is 16.4. The molecule has 1 aliphatic rings. The summed E-state index contributed by atoms with van der Waals surface area (Å²) in [6, 6.07) is -0.156. The lowest BCUT2D eigenvalue weighted by Crippen LogP contribution is -2.39. The fraction of sp³-hybridized carbons (Fsp3) is 0.818. The monoisotopic (exact) mass is 243 g/mol. The zero-order chi connectivity index (χ0) is 12.8. The van der Waals surface area contributed by atoms with Crippen molar-refractivity contribution in [2.45, 2.75) is 13.3 Å². The molecule has 0 aromatic rings. The first-order chi connectivity index (χ1) is 8.06. The zero-order valence-corrected chi connectivity index (χ0v) is 10.4. The van der Waals surface area contributed by atoms with Crippen LogP contribution in [0.5, 0.6) is 0 Å². The molecule has 0 saturated carbocycles. The maximum atomic E-state index is 11.7. The Morgan fingerprint density at radius 3 is 2.59 bits per heavy atom. The van der Waals surface area contributed by atoms with Gasteiger partial charge in [0, 0.05) is 19.6 Å². The maximum Gasteiger partial charge on any atom is 0.317 e. The minimum absolute atomic E-state index is 0.0237. The first-order valence-corrected chi connectivity index (χ1v) is 5.96. The number of aliphatic carboxylic acids is 1. The lowest BCUT2D eigenvalue weighted by Gasteiger charge is -2.16. The number of nitrogens with one attached hydrogen (secondary N) is 2. The predicted octanol–water partition coefficient (Wildman–Crippen LogP) is -0.0420. The second-order valence-corrected chi connectivity index (χ2v) is 4.52. The molecule has 1 rings (SSSR count). The molecule has 0 aromatic heterocycles. The first kappa shape index (κ1) is 13.8. The van der Waals surface area contributed by atoms with E-state index in [0.29, 0.717) is 19.6 Å². The van der Waals surface area contributed by atoms with Crippen LogP contribution in [0.15, 0.2) is 0 Å². The molecule has 6 heteroatoms. The van der Waals surface area contributed by atoms with Crippen LogP contribution in [-0.2, 0) is 4.79 Å². The molecule has 2 atom stereocenters. The first-order valence-electron chi connectivity index (χ1n) is 5.96. The normalized spacial score (nSPS) is 23.8. The van der Waals surface area contributed by atoms with Crippen molar-refractivity contribution >= 4 is 12.0 Å². The molecule has 6 nitrogen and oxygen atoms in total. The molecule has 0 aromatic carbocycles. The third kappa shape index (κ3) is 3.89. The van der Waals surface area contributed by atoms with Gasteiger partial charge in [0.05, 0.1) is 5.92 Å². The summed E-state index contributed by atoms with van der Waals surface area (Å²) in [5, 5.41) is 14.8. The van der Waals surface area contributed by atoms with Gasteiger partial charge in [-0.2, -0.15) is 0 Å². The van der Waals surface area contributed by atoms with Crippen LogP contribution in [0.3, 0.4) is 0 Å². The number of carbonyl (C=O) groups excluding carboxylic acids is 1. The van der Waals surface area contributed by atoms with E-state index >= 15 is 0 Å². The Morgan fingerprint density at radius 1 is 1.35 bits per heavy atom. The summed E-state index contributed by atoms with van der Waals surface area (Å²) in [6.07, 6.45) is 0.869. The third-order valence-electron chi connectivity index (χ3n) is 3.10. The third-order valence-corrected chi connectivity index (χ3v) is 3.10. The van der Waals surface area contributed by atoms with E-state index in [4.69, 9.17) is 5.11 Å². The van der Waals surface area contributed by atoms with Gasteiger partial charge in [-0.15, -0.1) is 0 Å². The zero-order valence-electron chi connectivity index (χ0n) is 10.4. The highest BCUT2D eigenvalue weighted by molar-refractivity contribution is 5.77. The van der Waals surface area contributed by atoms with Crippen molar-refractivity contribution < 1.29 is 14.7 Å². The van der Waals surface area contributed by atoms with E-state index in [9.17, 15) is 9.59 Å². The van der Waals surface area contributed by atoms with Crippen LogP contribution in [0.25, 0.3) is 0 Å². The number of rotatable bonds is 5. The number of carboxylic acid groups (broad SMARTS) is 1. The quantitative estimate of drug-likeness (QED) is 0.592. The molecule has 3 N–H and O–H groups in total. The predicted molar refractivity (Wildman–Crippen MR) is 63.8 cm³/mol. The number of nitrogens with zero attached hydrogens (tertiary/aromatic N) is 1. The molecular weight excluding hydrogens is 222 g/mol. The van der Waals surface area contributed by atoms with E-state index in [-0.39, 0.29) is 11.9 Å². The van der Waals surface area contributed by atoms with Gasteiger partial charge in [0.1, 0.15) is 0 Å². The van der Waals surface area contributed by atoms with Gasteiger partial charge in [0.2, 0.25) is 0 Å². The Morgan fingerprint density at radius 2 is 2.06 bits per heavy atom. The van der Waals surface area contributed by atoms with E-state index in [1.807, 2.05) is 14.0 Å². The van der Waals surface area contributed by atoms with Gasteiger partial charge in [-0.25, -0.2) is 4.79 Å². The second-order valence-electron chi connectivity index (χ2n) is 4.52. The van der Waals surface area contributed by atoms with Crippen molar-refractivity contribution in [1.29, 1.82) is 0 Å². The van der Waals surface area contributed by atoms with Gasteiger partial charge in [-0.1, -0.05) is 6.92 Å². The molecule has 98 valence electrons. The van der Waals surface area contributed by atoms with E-state index in [2.05, 4.69) is 10.6 Å². The topological polar surface area (TPSA) is 81.7 Å². The molecular formula is C11H21N3O3. The molecule has 1 saturated heterocycles. The lowest BCUT2D eigenvalue weighted by molar-refractivity contribution is -0.142. The molecule has 1 fully saturated rings. The summed E-state index contributed by atoms with van der Waals surface area (Å²) in [5.74, 6) is -1.23. The highest BCUT2D eigenvalue weighted by Crippen LogP contribution is 2.22. The summed E-state index contributed by atoms with van der Waals surface area (Å²) in [4.78, 5) is 24.2. The number of carbonyl (C=O) groups is 2. The Hall–Kier alpha value is -1.30. The van der Waals surface area contributed by atoms with E-state index in [1.54, 1.807) is 4.90 Å². The standard InChI is InChI=1S/C11H21N3O3/c1-8-6-14(7-9(8)10(15)16)11(17)13-5-3-4-12-2/h8-9,12H,3-7H2,1-2H3,(H,13,17)(H,15,16). The molecule has 0 bridgehead atoms. The summed E-state index contributed by atoms with van der Waals surface area (Å²) in [5.41, 5.74) is 0. The average molecular weight is 243 g/mol. The SMILES string of the molecule is CNCCCNC(=O)N1CC(C)C(C(=O)O)C1. The Bertz CT molecular complexity index is 283. The maximum absolute atomic E-state index is 11.7.